The molecule has 0 heterocycles. The quantitative estimate of drug-likeness (QED) is 0.102. The Bertz CT molecular complexity index is 1280. The lowest BCUT2D eigenvalue weighted by molar-refractivity contribution is 0.401. The summed E-state index contributed by atoms with van der Waals surface area (Å²) in [6.07, 6.45) is 12.9. The van der Waals surface area contributed by atoms with E-state index in [1.807, 2.05) is 0 Å². The molecule has 0 radical (unpaired) electrons. The number of fused-ring (bicyclic) bond motifs is 3. The second-order valence-corrected chi connectivity index (χ2v) is 13.4. The molecular formula is C37H40BrI. The van der Waals surface area contributed by atoms with Crippen molar-refractivity contribution in [2.45, 2.75) is 83.5 Å². The first kappa shape index (κ1) is 28.6. The summed E-state index contributed by atoms with van der Waals surface area (Å²) >= 11 is 6.02. The first-order valence-electron chi connectivity index (χ1n) is 14.9. The van der Waals surface area contributed by atoms with Crippen LogP contribution in [0.5, 0.6) is 0 Å². The molecule has 0 aromatic heterocycles. The van der Waals surface area contributed by atoms with Crippen molar-refractivity contribution in [2.24, 2.45) is 0 Å². The van der Waals surface area contributed by atoms with Gasteiger partial charge in [0.05, 0.1) is 0 Å². The summed E-state index contributed by atoms with van der Waals surface area (Å²) in [5, 5.41) is 0. The lowest BCUT2D eigenvalue weighted by Crippen LogP contribution is -2.25. The zero-order valence-corrected chi connectivity index (χ0v) is 27.2. The Morgan fingerprint density at radius 2 is 0.974 bits per heavy atom. The van der Waals surface area contributed by atoms with Crippen LogP contribution in [-0.2, 0) is 5.41 Å². The Balaban J connectivity index is 1.64. The molecule has 0 bridgehead atoms. The van der Waals surface area contributed by atoms with Crippen molar-refractivity contribution in [1.82, 2.24) is 0 Å². The number of benzene rings is 4. The van der Waals surface area contributed by atoms with Gasteiger partial charge in [0.25, 0.3) is 0 Å². The van der Waals surface area contributed by atoms with Crippen LogP contribution in [0.1, 0.15) is 89.2 Å². The van der Waals surface area contributed by atoms with Crippen molar-refractivity contribution in [3.63, 3.8) is 0 Å². The van der Waals surface area contributed by atoms with Crippen molar-refractivity contribution < 1.29 is 0 Å². The highest BCUT2D eigenvalue weighted by molar-refractivity contribution is 14.1. The summed E-state index contributed by atoms with van der Waals surface area (Å²) in [4.78, 5) is 0. The Labute approximate surface area is 257 Å². The van der Waals surface area contributed by atoms with Gasteiger partial charge in [-0.1, -0.05) is 130 Å². The van der Waals surface area contributed by atoms with Crippen LogP contribution in [0.4, 0.5) is 0 Å². The lowest BCUT2D eigenvalue weighted by Gasteiger charge is -2.33. The standard InChI is InChI=1S/C37H40BrI/c1-3-5-7-9-23-37(24-10-8-6-4-2)35-25-29(27-11-17-31(38)18-12-27)15-21-33(35)34-22-16-30(26-36(34)37)28-13-19-32(39)20-14-28/h11-22,25-26H,3-10,23-24H2,1-2H3. The van der Waals surface area contributed by atoms with Crippen molar-refractivity contribution in [1.29, 1.82) is 0 Å². The Kier molecular flexibility index (Phi) is 9.66. The third kappa shape index (κ3) is 6.22. The van der Waals surface area contributed by atoms with E-state index in [2.05, 4.69) is 137 Å². The van der Waals surface area contributed by atoms with Gasteiger partial charge in [-0.2, -0.15) is 0 Å². The first-order valence-corrected chi connectivity index (χ1v) is 16.7. The number of hydrogen-bond donors (Lipinski definition) is 0. The highest BCUT2D eigenvalue weighted by Gasteiger charge is 2.42. The predicted octanol–water partition coefficient (Wildman–Crippen LogP) is 12.6. The monoisotopic (exact) mass is 690 g/mol. The number of rotatable bonds is 12. The zero-order chi connectivity index (χ0) is 27.2. The Hall–Kier alpha value is -1.91. The van der Waals surface area contributed by atoms with Crippen LogP contribution in [0.2, 0.25) is 0 Å². The molecule has 202 valence electrons. The molecule has 2 heteroatoms. The van der Waals surface area contributed by atoms with E-state index in [4.69, 9.17) is 0 Å². The molecule has 0 N–H and O–H groups in total. The summed E-state index contributed by atoms with van der Waals surface area (Å²) in [6.45, 7) is 4.64. The average Bonchev–Trinajstić information content (AvgIpc) is 3.23. The van der Waals surface area contributed by atoms with Gasteiger partial charge in [0.1, 0.15) is 0 Å². The molecule has 0 fully saturated rings. The molecule has 0 amide bonds. The molecule has 0 aliphatic heterocycles. The normalized spacial score (nSPS) is 13.3. The van der Waals surface area contributed by atoms with Crippen molar-refractivity contribution in [3.05, 3.63) is 104 Å². The number of unbranched alkanes of at least 4 members (excludes halogenated alkanes) is 6. The van der Waals surface area contributed by atoms with Gasteiger partial charge in [0.15, 0.2) is 0 Å². The van der Waals surface area contributed by atoms with Crippen molar-refractivity contribution in [3.8, 4) is 33.4 Å². The maximum Gasteiger partial charge on any atom is 0.0215 e. The van der Waals surface area contributed by atoms with Crippen LogP contribution >= 0.6 is 38.5 Å². The van der Waals surface area contributed by atoms with Crippen LogP contribution in [-0.4, -0.2) is 0 Å². The van der Waals surface area contributed by atoms with E-state index in [0.717, 1.165) is 4.47 Å². The van der Waals surface area contributed by atoms with Crippen LogP contribution in [0.15, 0.2) is 89.4 Å². The minimum atomic E-state index is 0.0801. The van der Waals surface area contributed by atoms with Gasteiger partial charge in [-0.05, 0) is 116 Å². The second-order valence-electron chi connectivity index (χ2n) is 11.2. The average molecular weight is 692 g/mol. The third-order valence-corrected chi connectivity index (χ3v) is 9.88. The van der Waals surface area contributed by atoms with E-state index in [9.17, 15) is 0 Å². The number of halogens is 2. The molecular weight excluding hydrogens is 651 g/mol. The fourth-order valence-corrected chi connectivity index (χ4v) is 7.13. The second kappa shape index (κ2) is 13.2. The Morgan fingerprint density at radius 1 is 0.538 bits per heavy atom. The first-order chi connectivity index (χ1) is 19.1. The third-order valence-electron chi connectivity index (χ3n) is 8.63. The molecule has 0 unspecified atom stereocenters. The van der Waals surface area contributed by atoms with E-state index < -0.39 is 0 Å². The number of hydrogen-bond acceptors (Lipinski definition) is 0. The van der Waals surface area contributed by atoms with Gasteiger partial charge in [-0.25, -0.2) is 0 Å². The minimum Gasteiger partial charge on any atom is -0.0654 e. The molecule has 4 aromatic carbocycles. The van der Waals surface area contributed by atoms with Gasteiger partial charge in [-0.3, -0.25) is 0 Å². The van der Waals surface area contributed by atoms with E-state index in [0.29, 0.717) is 0 Å². The van der Waals surface area contributed by atoms with Crippen LogP contribution in [0.25, 0.3) is 33.4 Å². The van der Waals surface area contributed by atoms with E-state index in [1.165, 1.54) is 101 Å². The van der Waals surface area contributed by atoms with E-state index >= 15 is 0 Å². The highest BCUT2D eigenvalue weighted by atomic mass is 127. The predicted molar refractivity (Wildman–Crippen MR) is 181 cm³/mol. The molecule has 1 aliphatic carbocycles. The summed E-state index contributed by atoms with van der Waals surface area (Å²) < 4.78 is 2.41. The summed E-state index contributed by atoms with van der Waals surface area (Å²) in [7, 11) is 0. The topological polar surface area (TPSA) is 0 Å². The molecule has 5 rings (SSSR count). The van der Waals surface area contributed by atoms with Gasteiger partial charge in [0, 0.05) is 13.5 Å². The minimum absolute atomic E-state index is 0.0801. The van der Waals surface area contributed by atoms with Gasteiger partial charge < -0.3 is 0 Å². The molecule has 0 saturated carbocycles. The van der Waals surface area contributed by atoms with Crippen molar-refractivity contribution in [2.75, 3.05) is 0 Å². The maximum atomic E-state index is 3.62. The fourth-order valence-electron chi connectivity index (χ4n) is 6.51. The lowest BCUT2D eigenvalue weighted by atomic mass is 9.70. The molecule has 0 atom stereocenters. The SMILES string of the molecule is CCCCCCC1(CCCCCC)c2cc(-c3ccc(Br)cc3)ccc2-c2ccc(-c3ccc(I)cc3)cc21. The molecule has 1 aliphatic rings. The molecule has 0 saturated heterocycles. The fraction of sp³-hybridized carbons (Fsp3) is 0.351. The maximum absolute atomic E-state index is 3.62. The Morgan fingerprint density at radius 3 is 1.44 bits per heavy atom. The summed E-state index contributed by atoms with van der Waals surface area (Å²) in [6, 6.07) is 32.4. The highest BCUT2D eigenvalue weighted by Crippen LogP contribution is 2.55. The molecule has 4 aromatic rings. The summed E-state index contributed by atoms with van der Waals surface area (Å²) in [5.41, 5.74) is 11.4. The van der Waals surface area contributed by atoms with E-state index in [1.54, 1.807) is 11.1 Å². The molecule has 0 nitrogen and oxygen atoms in total. The van der Waals surface area contributed by atoms with Crippen LogP contribution < -0.4 is 0 Å². The molecule has 0 spiro atoms. The molecule has 39 heavy (non-hydrogen) atoms. The van der Waals surface area contributed by atoms with Crippen LogP contribution in [0.3, 0.4) is 0 Å². The van der Waals surface area contributed by atoms with Gasteiger partial charge in [0.2, 0.25) is 0 Å². The van der Waals surface area contributed by atoms with E-state index in [-0.39, 0.29) is 5.41 Å². The van der Waals surface area contributed by atoms with Crippen LogP contribution in [0, 0.1) is 3.57 Å². The van der Waals surface area contributed by atoms with Crippen molar-refractivity contribution >= 4 is 38.5 Å². The smallest absolute Gasteiger partial charge is 0.0215 e. The van der Waals surface area contributed by atoms with Gasteiger partial charge in [-0.15, -0.1) is 0 Å². The zero-order valence-electron chi connectivity index (χ0n) is 23.4. The van der Waals surface area contributed by atoms with Gasteiger partial charge >= 0.3 is 0 Å². The summed E-state index contributed by atoms with van der Waals surface area (Å²) in [5.74, 6) is 0. The largest absolute Gasteiger partial charge is 0.0654 e.